The van der Waals surface area contributed by atoms with Gasteiger partial charge < -0.3 is 20.4 Å². The molecule has 3 aliphatic rings. The Balaban J connectivity index is 0.00000261. The third-order valence-corrected chi connectivity index (χ3v) is 5.99. The van der Waals surface area contributed by atoms with E-state index in [9.17, 15) is 14.4 Å². The molecule has 8 heteroatoms. The Kier molecular flexibility index (Phi) is 8.35. The summed E-state index contributed by atoms with van der Waals surface area (Å²) in [6.45, 7) is 5.97. The first-order chi connectivity index (χ1) is 12.5. The first kappa shape index (κ1) is 22.0. The quantitative estimate of drug-likeness (QED) is 0.730. The van der Waals surface area contributed by atoms with Gasteiger partial charge in [0, 0.05) is 39.6 Å². The van der Waals surface area contributed by atoms with Crippen LogP contribution in [0, 0.1) is 11.8 Å². The van der Waals surface area contributed by atoms with Crippen LogP contribution in [0.15, 0.2) is 0 Å². The molecule has 0 aromatic rings. The lowest BCUT2D eigenvalue weighted by atomic mass is 9.93. The van der Waals surface area contributed by atoms with E-state index in [1.165, 1.54) is 0 Å². The molecule has 3 saturated heterocycles. The zero-order chi connectivity index (χ0) is 18.5. The van der Waals surface area contributed by atoms with Gasteiger partial charge in [0.25, 0.3) is 0 Å². The lowest BCUT2D eigenvalue weighted by Crippen LogP contribution is -2.50. The molecule has 3 aliphatic heterocycles. The monoisotopic (exact) mass is 400 g/mol. The summed E-state index contributed by atoms with van der Waals surface area (Å²) in [6.07, 6.45) is 5.77. The number of amides is 3. The van der Waals surface area contributed by atoms with E-state index < -0.39 is 0 Å². The molecule has 0 aromatic carbocycles. The van der Waals surface area contributed by atoms with Gasteiger partial charge in [0.1, 0.15) is 0 Å². The van der Waals surface area contributed by atoms with Crippen LogP contribution < -0.4 is 10.6 Å². The van der Waals surface area contributed by atoms with E-state index in [-0.39, 0.29) is 42.1 Å². The second kappa shape index (κ2) is 10.3. The van der Waals surface area contributed by atoms with Gasteiger partial charge in [-0.1, -0.05) is 0 Å². The zero-order valence-corrected chi connectivity index (χ0v) is 17.1. The molecule has 0 spiro atoms. The number of carbonyl (C=O) groups is 3. The molecule has 0 aliphatic carbocycles. The molecule has 3 fully saturated rings. The van der Waals surface area contributed by atoms with Crippen molar-refractivity contribution in [3.63, 3.8) is 0 Å². The predicted molar refractivity (Wildman–Crippen MR) is 106 cm³/mol. The standard InChI is InChI=1S/C19H32N4O3.ClH/c1-14(24)22-9-4-6-16(13-22)19(26)23-10-3-5-15(12-23)11-21-18(25)17-7-2-8-20-17;/h15-17,20H,2-13H2,1H3,(H,21,25);1H. The maximum absolute atomic E-state index is 12.9. The number of rotatable bonds is 4. The second-order valence-corrected chi connectivity index (χ2v) is 7.99. The Labute approximate surface area is 168 Å². The van der Waals surface area contributed by atoms with E-state index in [1.54, 1.807) is 11.8 Å². The Morgan fingerprint density at radius 3 is 2.44 bits per heavy atom. The third-order valence-electron chi connectivity index (χ3n) is 5.99. The van der Waals surface area contributed by atoms with Gasteiger partial charge in [-0.25, -0.2) is 0 Å². The Bertz CT molecular complexity index is 539. The molecule has 0 saturated carbocycles. The van der Waals surface area contributed by atoms with Crippen LogP contribution in [0.3, 0.4) is 0 Å². The van der Waals surface area contributed by atoms with E-state index in [2.05, 4.69) is 10.6 Å². The van der Waals surface area contributed by atoms with Crippen molar-refractivity contribution < 1.29 is 14.4 Å². The van der Waals surface area contributed by atoms with Gasteiger partial charge in [-0.15, -0.1) is 12.4 Å². The highest BCUT2D eigenvalue weighted by Crippen LogP contribution is 2.23. The minimum atomic E-state index is -0.0660. The largest absolute Gasteiger partial charge is 0.354 e. The third kappa shape index (κ3) is 5.82. The summed E-state index contributed by atoms with van der Waals surface area (Å²) in [5.41, 5.74) is 0. The Hall–Kier alpha value is -1.34. The average Bonchev–Trinajstić information content (AvgIpc) is 3.20. The second-order valence-electron chi connectivity index (χ2n) is 7.99. The van der Waals surface area contributed by atoms with Crippen molar-refractivity contribution in [2.24, 2.45) is 11.8 Å². The fourth-order valence-corrected chi connectivity index (χ4v) is 4.43. The van der Waals surface area contributed by atoms with Crippen LogP contribution in [0.25, 0.3) is 0 Å². The minimum Gasteiger partial charge on any atom is -0.354 e. The van der Waals surface area contributed by atoms with Crippen LogP contribution >= 0.6 is 12.4 Å². The van der Waals surface area contributed by atoms with Gasteiger partial charge in [-0.3, -0.25) is 14.4 Å². The summed E-state index contributed by atoms with van der Waals surface area (Å²) in [5.74, 6) is 0.594. The molecule has 154 valence electrons. The molecule has 0 radical (unpaired) electrons. The summed E-state index contributed by atoms with van der Waals surface area (Å²) in [6, 6.07) is -0.0453. The van der Waals surface area contributed by atoms with Crippen molar-refractivity contribution in [3.05, 3.63) is 0 Å². The number of halogens is 1. The van der Waals surface area contributed by atoms with Crippen LogP contribution in [0.1, 0.15) is 45.4 Å². The number of piperidine rings is 2. The molecular formula is C19H33ClN4O3. The van der Waals surface area contributed by atoms with Crippen LogP contribution in [0.2, 0.25) is 0 Å². The van der Waals surface area contributed by atoms with Gasteiger partial charge in [-0.2, -0.15) is 0 Å². The summed E-state index contributed by atoms with van der Waals surface area (Å²) in [4.78, 5) is 40.4. The van der Waals surface area contributed by atoms with Gasteiger partial charge >= 0.3 is 0 Å². The van der Waals surface area contributed by atoms with E-state index in [0.717, 1.165) is 58.2 Å². The first-order valence-corrected chi connectivity index (χ1v) is 10.1. The number of nitrogens with zero attached hydrogens (tertiary/aromatic N) is 2. The van der Waals surface area contributed by atoms with E-state index in [4.69, 9.17) is 0 Å². The molecule has 0 bridgehead atoms. The number of hydrogen-bond donors (Lipinski definition) is 2. The Morgan fingerprint density at radius 2 is 1.74 bits per heavy atom. The average molecular weight is 401 g/mol. The number of carbonyl (C=O) groups excluding carboxylic acids is 3. The van der Waals surface area contributed by atoms with Crippen LogP contribution in [-0.4, -0.2) is 72.8 Å². The highest BCUT2D eigenvalue weighted by molar-refractivity contribution is 5.85. The molecule has 2 N–H and O–H groups in total. The predicted octanol–water partition coefficient (Wildman–Crippen LogP) is 0.774. The normalized spacial score (nSPS) is 28.4. The smallest absolute Gasteiger partial charge is 0.237 e. The highest BCUT2D eigenvalue weighted by atomic mass is 35.5. The zero-order valence-electron chi connectivity index (χ0n) is 16.2. The van der Waals surface area contributed by atoms with Gasteiger partial charge in [0.2, 0.25) is 17.7 Å². The van der Waals surface area contributed by atoms with Crippen molar-refractivity contribution in [2.45, 2.75) is 51.5 Å². The van der Waals surface area contributed by atoms with Crippen molar-refractivity contribution in [1.29, 1.82) is 0 Å². The van der Waals surface area contributed by atoms with Crippen LogP contribution in [-0.2, 0) is 14.4 Å². The topological polar surface area (TPSA) is 81.8 Å². The number of hydrogen-bond acceptors (Lipinski definition) is 4. The molecule has 3 amide bonds. The number of nitrogens with one attached hydrogen (secondary N) is 2. The Morgan fingerprint density at radius 1 is 1.00 bits per heavy atom. The fraction of sp³-hybridized carbons (Fsp3) is 0.842. The highest BCUT2D eigenvalue weighted by Gasteiger charge is 2.33. The van der Waals surface area contributed by atoms with Crippen molar-refractivity contribution >= 4 is 30.1 Å². The van der Waals surface area contributed by atoms with Crippen molar-refractivity contribution in [1.82, 2.24) is 20.4 Å². The molecule has 3 atom stereocenters. The lowest BCUT2D eigenvalue weighted by molar-refractivity contribution is -0.141. The van der Waals surface area contributed by atoms with Crippen LogP contribution in [0.5, 0.6) is 0 Å². The van der Waals surface area contributed by atoms with Crippen molar-refractivity contribution in [3.8, 4) is 0 Å². The fourth-order valence-electron chi connectivity index (χ4n) is 4.43. The SMILES string of the molecule is CC(=O)N1CCCC(C(=O)N2CCCC(CNC(=O)C3CCCN3)C2)C1.Cl. The van der Waals surface area contributed by atoms with E-state index in [0.29, 0.717) is 25.6 Å². The van der Waals surface area contributed by atoms with Gasteiger partial charge in [0.05, 0.1) is 12.0 Å². The van der Waals surface area contributed by atoms with Crippen LogP contribution in [0.4, 0.5) is 0 Å². The first-order valence-electron chi connectivity index (χ1n) is 10.1. The molecule has 7 nitrogen and oxygen atoms in total. The lowest BCUT2D eigenvalue weighted by Gasteiger charge is -2.38. The molecule has 3 unspecified atom stereocenters. The van der Waals surface area contributed by atoms with Crippen molar-refractivity contribution in [2.75, 3.05) is 39.3 Å². The maximum atomic E-state index is 12.9. The maximum Gasteiger partial charge on any atom is 0.237 e. The molecule has 3 rings (SSSR count). The van der Waals surface area contributed by atoms with Gasteiger partial charge in [0.15, 0.2) is 0 Å². The van der Waals surface area contributed by atoms with E-state index in [1.807, 2.05) is 4.90 Å². The summed E-state index contributed by atoms with van der Waals surface area (Å²) in [7, 11) is 0. The summed E-state index contributed by atoms with van der Waals surface area (Å²) < 4.78 is 0. The summed E-state index contributed by atoms with van der Waals surface area (Å²) in [5, 5.41) is 6.28. The molecule has 0 aromatic heterocycles. The minimum absolute atomic E-state index is 0. The van der Waals surface area contributed by atoms with E-state index >= 15 is 0 Å². The van der Waals surface area contributed by atoms with Gasteiger partial charge in [-0.05, 0) is 51.0 Å². The molecule has 3 heterocycles. The summed E-state index contributed by atoms with van der Waals surface area (Å²) >= 11 is 0. The molecule has 27 heavy (non-hydrogen) atoms. The number of likely N-dealkylation sites (tertiary alicyclic amines) is 2. The molecular weight excluding hydrogens is 368 g/mol.